The van der Waals surface area contributed by atoms with E-state index in [0.717, 1.165) is 13.0 Å². The molecular formula is C14H24N2OS. The van der Waals surface area contributed by atoms with Crippen molar-refractivity contribution in [1.82, 2.24) is 10.6 Å². The Balaban J connectivity index is 2.49. The second kappa shape index (κ2) is 6.34. The third kappa shape index (κ3) is 4.42. The van der Waals surface area contributed by atoms with Gasteiger partial charge in [0.15, 0.2) is 0 Å². The van der Waals surface area contributed by atoms with Gasteiger partial charge in [-0.15, -0.1) is 11.3 Å². The van der Waals surface area contributed by atoms with Crippen LogP contribution in [0.2, 0.25) is 0 Å². The largest absolute Gasteiger partial charge is 0.352 e. The van der Waals surface area contributed by atoms with Crippen LogP contribution in [-0.4, -0.2) is 24.0 Å². The molecule has 1 amide bonds. The molecule has 1 aromatic heterocycles. The normalized spacial score (nSPS) is 13.4. The maximum Gasteiger partial charge on any atom is 0.239 e. The van der Waals surface area contributed by atoms with Crippen LogP contribution < -0.4 is 10.6 Å². The van der Waals surface area contributed by atoms with E-state index < -0.39 is 5.54 Å². The van der Waals surface area contributed by atoms with E-state index in [1.54, 1.807) is 11.3 Å². The quantitative estimate of drug-likeness (QED) is 0.832. The Hall–Kier alpha value is -0.870. The van der Waals surface area contributed by atoms with Crippen molar-refractivity contribution in [3.8, 4) is 0 Å². The van der Waals surface area contributed by atoms with Crippen LogP contribution in [0.25, 0.3) is 0 Å². The Morgan fingerprint density at radius 3 is 2.61 bits per heavy atom. The Morgan fingerprint density at radius 1 is 1.44 bits per heavy atom. The number of thiophene rings is 1. The summed E-state index contributed by atoms with van der Waals surface area (Å²) in [7, 11) is 0. The van der Waals surface area contributed by atoms with Crippen LogP contribution in [0.4, 0.5) is 0 Å². The molecule has 0 saturated carbocycles. The van der Waals surface area contributed by atoms with Gasteiger partial charge in [-0.3, -0.25) is 4.79 Å². The summed E-state index contributed by atoms with van der Waals surface area (Å²) < 4.78 is 0. The van der Waals surface area contributed by atoms with Crippen LogP contribution >= 0.6 is 11.3 Å². The van der Waals surface area contributed by atoms with Gasteiger partial charge < -0.3 is 10.6 Å². The van der Waals surface area contributed by atoms with Crippen molar-refractivity contribution in [3.05, 3.63) is 21.9 Å². The van der Waals surface area contributed by atoms with Gasteiger partial charge in [-0.05, 0) is 46.4 Å². The minimum Gasteiger partial charge on any atom is -0.352 e. The second-order valence-electron chi connectivity index (χ2n) is 5.25. The summed E-state index contributed by atoms with van der Waals surface area (Å²) in [4.78, 5) is 14.7. The lowest BCUT2D eigenvalue weighted by molar-refractivity contribution is -0.127. The molecular weight excluding hydrogens is 244 g/mol. The summed E-state index contributed by atoms with van der Waals surface area (Å²) in [5, 5.41) is 6.25. The highest BCUT2D eigenvalue weighted by molar-refractivity contribution is 7.11. The Kier molecular flexibility index (Phi) is 5.35. The number of hydrogen-bond acceptors (Lipinski definition) is 3. The first-order valence-corrected chi connectivity index (χ1v) is 7.28. The van der Waals surface area contributed by atoms with Crippen molar-refractivity contribution in [2.24, 2.45) is 0 Å². The number of amides is 1. The summed E-state index contributed by atoms with van der Waals surface area (Å²) >= 11 is 1.79. The Morgan fingerprint density at radius 2 is 2.11 bits per heavy atom. The molecule has 0 radical (unpaired) electrons. The van der Waals surface area contributed by atoms with Crippen molar-refractivity contribution in [3.63, 3.8) is 0 Å². The highest BCUT2D eigenvalue weighted by Crippen LogP contribution is 2.17. The van der Waals surface area contributed by atoms with Crippen LogP contribution in [0.5, 0.6) is 0 Å². The summed E-state index contributed by atoms with van der Waals surface area (Å²) in [6.07, 6.45) is 0.895. The maximum absolute atomic E-state index is 12.1. The number of likely N-dealkylation sites (N-methyl/N-ethyl adjacent to an activating group) is 1. The highest BCUT2D eigenvalue weighted by Gasteiger charge is 2.27. The van der Waals surface area contributed by atoms with Gasteiger partial charge in [-0.1, -0.05) is 6.92 Å². The minimum absolute atomic E-state index is 0.0603. The molecule has 18 heavy (non-hydrogen) atoms. The molecule has 1 unspecified atom stereocenters. The summed E-state index contributed by atoms with van der Waals surface area (Å²) in [5.74, 6) is 0.0603. The van der Waals surface area contributed by atoms with Crippen LogP contribution in [0.1, 0.15) is 37.4 Å². The summed E-state index contributed by atoms with van der Waals surface area (Å²) in [6, 6.07) is 4.42. The van der Waals surface area contributed by atoms with E-state index in [9.17, 15) is 4.79 Å². The highest BCUT2D eigenvalue weighted by atomic mass is 32.1. The second-order valence-corrected chi connectivity index (χ2v) is 6.62. The Bertz CT molecular complexity index is 398. The fourth-order valence-corrected chi connectivity index (χ4v) is 2.89. The van der Waals surface area contributed by atoms with Gasteiger partial charge in [0.05, 0.1) is 5.54 Å². The minimum atomic E-state index is -0.506. The maximum atomic E-state index is 12.1. The number of hydrogen-bond donors (Lipinski definition) is 2. The SMILES string of the molecule is CCNC(C)(C)C(=O)NC(C)Cc1ccc(C)s1. The van der Waals surface area contributed by atoms with Gasteiger partial charge in [-0.25, -0.2) is 0 Å². The molecule has 0 aromatic carbocycles. The first-order chi connectivity index (χ1) is 8.35. The van der Waals surface area contributed by atoms with E-state index in [0.29, 0.717) is 0 Å². The lowest BCUT2D eigenvalue weighted by Crippen LogP contribution is -2.54. The topological polar surface area (TPSA) is 41.1 Å². The van der Waals surface area contributed by atoms with Crippen LogP contribution in [-0.2, 0) is 11.2 Å². The van der Waals surface area contributed by atoms with Crippen molar-refractivity contribution < 1.29 is 4.79 Å². The molecule has 0 aliphatic heterocycles. The van der Waals surface area contributed by atoms with Gasteiger partial charge in [0.2, 0.25) is 5.91 Å². The zero-order valence-corrected chi connectivity index (χ0v) is 12.8. The summed E-state index contributed by atoms with van der Waals surface area (Å²) in [5.41, 5.74) is -0.506. The first kappa shape index (κ1) is 15.2. The molecule has 1 heterocycles. The van der Waals surface area contributed by atoms with E-state index >= 15 is 0 Å². The predicted molar refractivity (Wildman–Crippen MR) is 78.1 cm³/mol. The lowest BCUT2D eigenvalue weighted by atomic mass is 10.0. The van der Waals surface area contributed by atoms with Gasteiger partial charge in [0, 0.05) is 22.2 Å². The van der Waals surface area contributed by atoms with Crippen LogP contribution in [0, 0.1) is 6.92 Å². The number of aryl methyl sites for hydroxylation is 1. The van der Waals surface area contributed by atoms with Crippen molar-refractivity contribution >= 4 is 17.2 Å². The van der Waals surface area contributed by atoms with Gasteiger partial charge in [0.25, 0.3) is 0 Å². The molecule has 0 aliphatic carbocycles. The van der Waals surface area contributed by atoms with E-state index in [1.165, 1.54) is 9.75 Å². The molecule has 4 heteroatoms. The van der Waals surface area contributed by atoms with Gasteiger partial charge in [0.1, 0.15) is 0 Å². The van der Waals surface area contributed by atoms with Crippen molar-refractivity contribution in [1.29, 1.82) is 0 Å². The average Bonchev–Trinajstić information content (AvgIpc) is 2.63. The average molecular weight is 268 g/mol. The monoisotopic (exact) mass is 268 g/mol. The molecule has 0 saturated heterocycles. The predicted octanol–water partition coefficient (Wildman–Crippen LogP) is 2.49. The molecule has 2 N–H and O–H groups in total. The third-order valence-corrected chi connectivity index (χ3v) is 3.89. The number of rotatable bonds is 6. The number of carbonyl (C=O) groups is 1. The van der Waals surface area contributed by atoms with Crippen LogP contribution in [0.3, 0.4) is 0 Å². The van der Waals surface area contributed by atoms with Gasteiger partial charge in [-0.2, -0.15) is 0 Å². The molecule has 0 fully saturated rings. The first-order valence-electron chi connectivity index (χ1n) is 6.46. The third-order valence-electron chi connectivity index (χ3n) is 2.87. The lowest BCUT2D eigenvalue weighted by Gasteiger charge is -2.26. The fraction of sp³-hybridized carbons (Fsp3) is 0.643. The standard InChI is InChI=1S/C14H24N2OS/c1-6-15-14(4,5)13(17)16-10(2)9-12-8-7-11(3)18-12/h7-8,10,15H,6,9H2,1-5H3,(H,16,17). The molecule has 1 rings (SSSR count). The Labute approximate surface area is 114 Å². The molecule has 3 nitrogen and oxygen atoms in total. The van der Waals surface area contributed by atoms with Crippen LogP contribution in [0.15, 0.2) is 12.1 Å². The zero-order chi connectivity index (χ0) is 13.8. The molecule has 0 spiro atoms. The van der Waals surface area contributed by atoms with Gasteiger partial charge >= 0.3 is 0 Å². The summed E-state index contributed by atoms with van der Waals surface area (Å²) in [6.45, 7) is 10.8. The molecule has 0 bridgehead atoms. The zero-order valence-electron chi connectivity index (χ0n) is 12.0. The van der Waals surface area contributed by atoms with Crippen molar-refractivity contribution in [2.75, 3.05) is 6.54 Å². The number of nitrogens with one attached hydrogen (secondary N) is 2. The number of carbonyl (C=O) groups excluding carboxylic acids is 1. The smallest absolute Gasteiger partial charge is 0.239 e. The molecule has 1 atom stereocenters. The van der Waals surface area contributed by atoms with Crippen molar-refractivity contribution in [2.45, 2.75) is 52.6 Å². The fourth-order valence-electron chi connectivity index (χ4n) is 1.87. The van der Waals surface area contributed by atoms with E-state index in [4.69, 9.17) is 0 Å². The van der Waals surface area contributed by atoms with E-state index in [1.807, 2.05) is 20.8 Å². The van der Waals surface area contributed by atoms with E-state index in [2.05, 4.69) is 36.6 Å². The molecule has 0 aliphatic rings. The molecule has 102 valence electrons. The van der Waals surface area contributed by atoms with E-state index in [-0.39, 0.29) is 11.9 Å². The molecule has 1 aromatic rings.